The van der Waals surface area contributed by atoms with Crippen molar-refractivity contribution in [1.82, 2.24) is 4.90 Å². The van der Waals surface area contributed by atoms with Gasteiger partial charge in [-0.15, -0.1) is 0 Å². The fourth-order valence-corrected chi connectivity index (χ4v) is 3.64. The van der Waals surface area contributed by atoms with Gasteiger partial charge in [-0.3, -0.25) is 4.90 Å². The van der Waals surface area contributed by atoms with Crippen molar-refractivity contribution in [3.8, 4) is 0 Å². The van der Waals surface area contributed by atoms with Gasteiger partial charge in [0, 0.05) is 30.7 Å². The Morgan fingerprint density at radius 3 is 2.06 bits per heavy atom. The molecule has 17 heavy (non-hydrogen) atoms. The van der Waals surface area contributed by atoms with Crippen LogP contribution in [-0.4, -0.2) is 46.5 Å². The Morgan fingerprint density at radius 1 is 1.12 bits per heavy atom. The molecule has 2 saturated heterocycles. The van der Waals surface area contributed by atoms with Crippen molar-refractivity contribution in [2.75, 3.05) is 13.2 Å². The molecule has 2 rings (SSSR count). The van der Waals surface area contributed by atoms with Crippen molar-refractivity contribution in [3.05, 3.63) is 0 Å². The number of aliphatic hydroxyl groups excluding tert-OH is 2. The molecule has 2 fully saturated rings. The fourth-order valence-electron chi connectivity index (χ4n) is 3.64. The van der Waals surface area contributed by atoms with Gasteiger partial charge in [0.1, 0.15) is 0 Å². The van der Waals surface area contributed by atoms with E-state index in [4.69, 9.17) is 0 Å². The SMILES string of the molecule is CCC(CC)(CO)CN1C2CCC1CC(O)C2. The van der Waals surface area contributed by atoms with Gasteiger partial charge in [0.05, 0.1) is 6.10 Å². The van der Waals surface area contributed by atoms with Gasteiger partial charge in [0.15, 0.2) is 0 Å². The Morgan fingerprint density at radius 2 is 1.65 bits per heavy atom. The van der Waals surface area contributed by atoms with E-state index in [2.05, 4.69) is 18.7 Å². The van der Waals surface area contributed by atoms with E-state index in [9.17, 15) is 10.2 Å². The monoisotopic (exact) mass is 241 g/mol. The van der Waals surface area contributed by atoms with Crippen LogP contribution < -0.4 is 0 Å². The van der Waals surface area contributed by atoms with Crippen LogP contribution in [0, 0.1) is 5.41 Å². The molecule has 2 N–H and O–H groups in total. The molecule has 0 amide bonds. The van der Waals surface area contributed by atoms with E-state index in [1.807, 2.05) is 0 Å². The van der Waals surface area contributed by atoms with Crippen molar-refractivity contribution < 1.29 is 10.2 Å². The zero-order valence-corrected chi connectivity index (χ0v) is 11.2. The largest absolute Gasteiger partial charge is 0.396 e. The molecule has 2 aliphatic rings. The zero-order valence-electron chi connectivity index (χ0n) is 11.2. The summed E-state index contributed by atoms with van der Waals surface area (Å²) >= 11 is 0. The van der Waals surface area contributed by atoms with E-state index < -0.39 is 0 Å². The van der Waals surface area contributed by atoms with E-state index in [0.29, 0.717) is 18.7 Å². The number of fused-ring (bicyclic) bond motifs is 2. The third-order valence-corrected chi connectivity index (χ3v) is 5.21. The van der Waals surface area contributed by atoms with Gasteiger partial charge in [-0.25, -0.2) is 0 Å². The van der Waals surface area contributed by atoms with Crippen LogP contribution in [0.2, 0.25) is 0 Å². The molecule has 100 valence electrons. The van der Waals surface area contributed by atoms with Gasteiger partial charge in [-0.05, 0) is 38.5 Å². The second kappa shape index (κ2) is 5.25. The van der Waals surface area contributed by atoms with Crippen molar-refractivity contribution in [2.45, 2.75) is 70.6 Å². The van der Waals surface area contributed by atoms with E-state index in [1.165, 1.54) is 12.8 Å². The Hall–Kier alpha value is -0.120. The van der Waals surface area contributed by atoms with E-state index >= 15 is 0 Å². The first-order valence-electron chi connectivity index (χ1n) is 7.18. The molecule has 0 spiro atoms. The quantitative estimate of drug-likeness (QED) is 0.771. The lowest BCUT2D eigenvalue weighted by atomic mass is 9.81. The van der Waals surface area contributed by atoms with Crippen LogP contribution in [0.1, 0.15) is 52.4 Å². The first kappa shape index (κ1) is 13.3. The van der Waals surface area contributed by atoms with Gasteiger partial charge in [0.2, 0.25) is 0 Å². The van der Waals surface area contributed by atoms with Crippen LogP contribution in [0.4, 0.5) is 0 Å². The number of piperidine rings is 1. The molecule has 0 aromatic heterocycles. The van der Waals surface area contributed by atoms with Crippen LogP contribution in [0.5, 0.6) is 0 Å². The molecule has 0 saturated carbocycles. The molecular formula is C14H27NO2. The minimum atomic E-state index is -0.0875. The van der Waals surface area contributed by atoms with E-state index in [1.54, 1.807) is 0 Å². The number of rotatable bonds is 5. The number of nitrogens with zero attached hydrogens (tertiary/aromatic N) is 1. The molecule has 3 nitrogen and oxygen atoms in total. The van der Waals surface area contributed by atoms with Crippen molar-refractivity contribution in [2.24, 2.45) is 5.41 Å². The smallest absolute Gasteiger partial charge is 0.0570 e. The van der Waals surface area contributed by atoms with Gasteiger partial charge >= 0.3 is 0 Å². The summed E-state index contributed by atoms with van der Waals surface area (Å²) in [6.45, 7) is 5.66. The Bertz CT molecular complexity index is 230. The summed E-state index contributed by atoms with van der Waals surface area (Å²) in [6.07, 6.45) is 6.33. The third kappa shape index (κ3) is 2.51. The van der Waals surface area contributed by atoms with Crippen LogP contribution in [0.15, 0.2) is 0 Å². The van der Waals surface area contributed by atoms with E-state index in [0.717, 1.165) is 32.2 Å². The van der Waals surface area contributed by atoms with Crippen LogP contribution >= 0.6 is 0 Å². The first-order chi connectivity index (χ1) is 8.14. The molecule has 0 radical (unpaired) electrons. The molecule has 2 atom stereocenters. The summed E-state index contributed by atoms with van der Waals surface area (Å²) in [5.74, 6) is 0. The Balaban J connectivity index is 2.04. The number of aliphatic hydroxyl groups is 2. The Kier molecular flexibility index (Phi) is 4.11. The molecular weight excluding hydrogens is 214 g/mol. The van der Waals surface area contributed by atoms with Crippen LogP contribution in [-0.2, 0) is 0 Å². The topological polar surface area (TPSA) is 43.7 Å². The maximum absolute atomic E-state index is 9.80. The summed E-state index contributed by atoms with van der Waals surface area (Å²) in [7, 11) is 0. The molecule has 2 bridgehead atoms. The molecule has 0 aliphatic carbocycles. The Labute approximate surface area is 105 Å². The van der Waals surface area contributed by atoms with Gasteiger partial charge < -0.3 is 10.2 Å². The number of hydrogen-bond acceptors (Lipinski definition) is 3. The zero-order chi connectivity index (χ0) is 12.5. The molecule has 0 aromatic carbocycles. The van der Waals surface area contributed by atoms with Crippen molar-refractivity contribution in [1.29, 1.82) is 0 Å². The summed E-state index contributed by atoms with van der Waals surface area (Å²) in [5, 5.41) is 19.5. The minimum absolute atomic E-state index is 0.0726. The third-order valence-electron chi connectivity index (χ3n) is 5.21. The lowest BCUT2D eigenvalue weighted by Gasteiger charge is -2.43. The summed E-state index contributed by atoms with van der Waals surface area (Å²) < 4.78 is 0. The van der Waals surface area contributed by atoms with Crippen LogP contribution in [0.25, 0.3) is 0 Å². The molecule has 0 aromatic rings. The van der Waals surface area contributed by atoms with Crippen LogP contribution in [0.3, 0.4) is 0 Å². The highest BCUT2D eigenvalue weighted by atomic mass is 16.3. The van der Waals surface area contributed by atoms with Crippen molar-refractivity contribution in [3.63, 3.8) is 0 Å². The maximum atomic E-state index is 9.80. The highest BCUT2D eigenvalue weighted by molar-refractivity contribution is 4.97. The minimum Gasteiger partial charge on any atom is -0.396 e. The average molecular weight is 241 g/mol. The maximum Gasteiger partial charge on any atom is 0.0570 e. The lowest BCUT2D eigenvalue weighted by Crippen LogP contribution is -2.50. The second-order valence-corrected chi connectivity index (χ2v) is 6.05. The summed E-state index contributed by atoms with van der Waals surface area (Å²) in [5.41, 5.74) is 0.0726. The summed E-state index contributed by atoms with van der Waals surface area (Å²) in [4.78, 5) is 2.58. The van der Waals surface area contributed by atoms with Gasteiger partial charge in [0.25, 0.3) is 0 Å². The highest BCUT2D eigenvalue weighted by Crippen LogP contribution is 2.39. The second-order valence-electron chi connectivity index (χ2n) is 6.05. The fraction of sp³-hybridized carbons (Fsp3) is 1.00. The first-order valence-corrected chi connectivity index (χ1v) is 7.18. The van der Waals surface area contributed by atoms with Gasteiger partial charge in [-0.1, -0.05) is 13.8 Å². The average Bonchev–Trinajstić information content (AvgIpc) is 2.58. The normalized spacial score (nSPS) is 34.2. The molecule has 2 aliphatic heterocycles. The predicted octanol–water partition coefficient (Wildman–Crippen LogP) is 1.77. The standard InChI is InChI=1S/C14H27NO2/c1-3-14(4-2,10-16)9-15-11-5-6-12(15)8-13(17)7-11/h11-13,16-17H,3-10H2,1-2H3. The predicted molar refractivity (Wildman–Crippen MR) is 68.9 cm³/mol. The lowest BCUT2D eigenvalue weighted by molar-refractivity contribution is -0.00887. The van der Waals surface area contributed by atoms with Gasteiger partial charge in [-0.2, -0.15) is 0 Å². The van der Waals surface area contributed by atoms with E-state index in [-0.39, 0.29) is 11.5 Å². The summed E-state index contributed by atoms with van der Waals surface area (Å²) in [6, 6.07) is 1.13. The highest BCUT2D eigenvalue weighted by Gasteiger charge is 2.43. The van der Waals surface area contributed by atoms with Crippen molar-refractivity contribution >= 4 is 0 Å². The molecule has 2 heterocycles. The molecule has 2 unspecified atom stereocenters. The number of hydrogen-bond donors (Lipinski definition) is 2. The molecule has 3 heteroatoms.